The van der Waals surface area contributed by atoms with Crippen LogP contribution in [0.5, 0.6) is 17.2 Å². The number of hydrogen-bond acceptors (Lipinski definition) is 10. The molecule has 6 atom stereocenters. The summed E-state index contributed by atoms with van der Waals surface area (Å²) in [6.07, 6.45) is 9.51. The Morgan fingerprint density at radius 2 is 1.79 bits per heavy atom. The van der Waals surface area contributed by atoms with E-state index in [1.807, 2.05) is 43.3 Å². The molecule has 0 amide bonds. The quantitative estimate of drug-likeness (QED) is 0.0571. The van der Waals surface area contributed by atoms with E-state index in [-0.39, 0.29) is 54.4 Å². The summed E-state index contributed by atoms with van der Waals surface area (Å²) in [5.41, 5.74) is 2.85. The van der Waals surface area contributed by atoms with Gasteiger partial charge in [-0.2, -0.15) is 0 Å². The monoisotopic (exact) mass is 728 g/mol. The molecule has 0 radical (unpaired) electrons. The van der Waals surface area contributed by atoms with E-state index in [4.69, 9.17) is 24.2 Å². The molecule has 11 heteroatoms. The van der Waals surface area contributed by atoms with Crippen molar-refractivity contribution in [2.75, 3.05) is 26.4 Å². The van der Waals surface area contributed by atoms with Crippen LogP contribution in [0.2, 0.25) is 0 Å². The van der Waals surface area contributed by atoms with E-state index in [9.17, 15) is 20.3 Å². The van der Waals surface area contributed by atoms with Crippen LogP contribution in [-0.2, 0) is 9.57 Å². The zero-order chi connectivity index (χ0) is 36.5. The van der Waals surface area contributed by atoms with Crippen molar-refractivity contribution in [3.05, 3.63) is 113 Å². The van der Waals surface area contributed by atoms with Gasteiger partial charge < -0.3 is 29.3 Å². The highest BCUT2D eigenvalue weighted by Crippen LogP contribution is 2.63. The third-order valence-electron chi connectivity index (χ3n) is 10.2. The number of aliphatic hydroxyl groups is 2. The van der Waals surface area contributed by atoms with Crippen LogP contribution in [0.25, 0.3) is 0 Å². The van der Waals surface area contributed by atoms with Gasteiger partial charge in [-0.1, -0.05) is 54.4 Å². The first kappa shape index (κ1) is 37.6. The normalized spacial score (nSPS) is 25.3. The molecule has 1 heterocycles. The molecule has 0 unspecified atom stereocenters. The van der Waals surface area contributed by atoms with Gasteiger partial charge in [0.2, 0.25) is 5.79 Å². The van der Waals surface area contributed by atoms with Crippen molar-refractivity contribution in [3.63, 3.8) is 0 Å². The topological polar surface area (TPSA) is 133 Å². The van der Waals surface area contributed by atoms with Crippen LogP contribution in [0, 0.1) is 27.9 Å². The number of nitro groups is 1. The van der Waals surface area contributed by atoms with Crippen LogP contribution < -0.4 is 9.47 Å². The Morgan fingerprint density at radius 3 is 2.52 bits per heavy atom. The van der Waals surface area contributed by atoms with Gasteiger partial charge in [0.15, 0.2) is 0 Å². The zero-order valence-electron chi connectivity index (χ0n) is 29.6. The Hall–Kier alpha value is -4.16. The Balaban J connectivity index is 1.54. The summed E-state index contributed by atoms with van der Waals surface area (Å²) in [5, 5.41) is 35.6. The lowest BCUT2D eigenvalue weighted by Gasteiger charge is -2.58. The number of fused-ring (bicyclic) bond motifs is 2. The molecule has 52 heavy (non-hydrogen) atoms. The molecule has 0 bridgehead atoms. The van der Waals surface area contributed by atoms with Gasteiger partial charge in [-0.05, 0) is 86.4 Å². The number of nitro benzene ring substituents is 1. The number of allylic oxidation sites excluding steroid dienone is 1. The molecule has 2 N–H and O–H groups in total. The van der Waals surface area contributed by atoms with Crippen LogP contribution >= 0.6 is 11.8 Å². The predicted molar refractivity (Wildman–Crippen MR) is 202 cm³/mol. The molecule has 1 fully saturated rings. The fraction of sp³-hybridized carbons (Fsp3) is 0.439. The SMILES string of the molecule is C=CCO[C@@]12Oc3ccc(Oc4cccc([N+](=O)[O-])c4)cc3[C@H]3[C@H](CCCCO)[C@@H](CCCCO)C=C(C(=NOCC)C[C@@H]1Sc1ccccc1)[C@H]32. The summed E-state index contributed by atoms with van der Waals surface area (Å²) in [6, 6.07) is 22.2. The minimum Gasteiger partial charge on any atom is -0.460 e. The Kier molecular flexibility index (Phi) is 12.7. The lowest BCUT2D eigenvalue weighted by molar-refractivity contribution is -0.384. The number of unbranched alkanes of at least 4 members (excludes halogenated alkanes) is 2. The number of thioether (sulfide) groups is 1. The van der Waals surface area contributed by atoms with Crippen molar-refractivity contribution in [2.24, 2.45) is 22.9 Å². The fourth-order valence-electron chi connectivity index (χ4n) is 8.09. The van der Waals surface area contributed by atoms with E-state index in [1.165, 1.54) is 12.1 Å². The van der Waals surface area contributed by atoms with Crippen molar-refractivity contribution in [3.8, 4) is 17.2 Å². The maximum atomic E-state index is 11.5. The van der Waals surface area contributed by atoms with Gasteiger partial charge in [0.25, 0.3) is 5.69 Å². The first-order valence-electron chi connectivity index (χ1n) is 18.3. The van der Waals surface area contributed by atoms with Crippen molar-refractivity contribution in [2.45, 2.75) is 73.7 Å². The first-order chi connectivity index (χ1) is 25.4. The van der Waals surface area contributed by atoms with Gasteiger partial charge in [-0.25, -0.2) is 0 Å². The second-order valence-electron chi connectivity index (χ2n) is 13.5. The number of oxime groups is 1. The Bertz CT molecular complexity index is 1750. The molecule has 0 spiro atoms. The van der Waals surface area contributed by atoms with Gasteiger partial charge in [0, 0.05) is 42.1 Å². The van der Waals surface area contributed by atoms with Gasteiger partial charge in [0.05, 0.1) is 34.5 Å². The number of ether oxygens (including phenoxy) is 3. The van der Waals surface area contributed by atoms with E-state index in [1.54, 1.807) is 30.0 Å². The molecular weight excluding hydrogens is 681 g/mol. The molecule has 10 nitrogen and oxygen atoms in total. The average molecular weight is 729 g/mol. The lowest BCUT2D eigenvalue weighted by atomic mass is 9.56. The highest BCUT2D eigenvalue weighted by molar-refractivity contribution is 8.00. The van der Waals surface area contributed by atoms with Crippen molar-refractivity contribution in [1.29, 1.82) is 0 Å². The van der Waals surface area contributed by atoms with Crippen LogP contribution in [0.15, 0.2) is 107 Å². The third-order valence-corrected chi connectivity index (χ3v) is 11.5. The molecular formula is C41H48N2O8S. The summed E-state index contributed by atoms with van der Waals surface area (Å²) in [5.74, 6) is 0.398. The average Bonchev–Trinajstić information content (AvgIpc) is 3.16. The summed E-state index contributed by atoms with van der Waals surface area (Å²) >= 11 is 1.71. The maximum absolute atomic E-state index is 11.5. The number of nitrogens with zero attached hydrogens (tertiary/aromatic N) is 2. The molecule has 1 saturated carbocycles. The highest BCUT2D eigenvalue weighted by atomic mass is 32.2. The smallest absolute Gasteiger partial charge is 0.273 e. The number of hydrogen-bond donors (Lipinski definition) is 2. The summed E-state index contributed by atoms with van der Waals surface area (Å²) in [7, 11) is 0. The Morgan fingerprint density at radius 1 is 1.02 bits per heavy atom. The largest absolute Gasteiger partial charge is 0.460 e. The number of benzene rings is 3. The third kappa shape index (κ3) is 8.07. The minimum atomic E-state index is -1.10. The molecule has 276 valence electrons. The van der Waals surface area contributed by atoms with E-state index < -0.39 is 10.7 Å². The van der Waals surface area contributed by atoms with Gasteiger partial charge in [0.1, 0.15) is 23.9 Å². The summed E-state index contributed by atoms with van der Waals surface area (Å²) < 4.78 is 20.5. The second kappa shape index (κ2) is 17.6. The van der Waals surface area contributed by atoms with Crippen LogP contribution in [0.3, 0.4) is 0 Å². The number of rotatable bonds is 18. The zero-order valence-corrected chi connectivity index (χ0v) is 30.4. The molecule has 0 aromatic heterocycles. The molecule has 3 aromatic rings. The van der Waals surface area contributed by atoms with Gasteiger partial charge in [-0.3, -0.25) is 10.1 Å². The van der Waals surface area contributed by atoms with E-state index in [0.717, 1.165) is 47.4 Å². The molecule has 0 saturated heterocycles. The standard InChI is InChI=1S/C41H48N2O8S/c1-3-23-48-41-38(52-32-16-6-5-7-17-32)27-36(42-49-4-2)34-24-28(13-8-10-21-44)33(18-9-11-22-45)39(40(34)41)35-26-31(19-20-37(35)51-41)50-30-15-12-14-29(25-30)43(46)47/h3,5-7,12,14-17,19-20,24-26,28,33,38-40,44-45H,1,4,8-11,13,18,21-23,27H2,2H3/t28-,33+,38-,39+,40+,41+/m0/s1. The Labute approximate surface area is 309 Å². The highest BCUT2D eigenvalue weighted by Gasteiger charge is 2.64. The summed E-state index contributed by atoms with van der Waals surface area (Å²) in [6.45, 7) is 6.88. The van der Waals surface area contributed by atoms with Gasteiger partial charge in [-0.15, -0.1) is 18.3 Å². The molecule has 1 aliphatic heterocycles. The first-order valence-corrected chi connectivity index (χ1v) is 19.1. The fourth-order valence-corrected chi connectivity index (χ4v) is 9.40. The van der Waals surface area contributed by atoms with Crippen molar-refractivity contribution in [1.82, 2.24) is 0 Å². The van der Waals surface area contributed by atoms with E-state index >= 15 is 0 Å². The maximum Gasteiger partial charge on any atom is 0.273 e. The number of non-ortho nitro benzene ring substituents is 1. The van der Waals surface area contributed by atoms with Crippen LogP contribution in [0.1, 0.15) is 63.4 Å². The molecule has 6 rings (SSSR count). The number of aliphatic hydroxyl groups excluding tert-OH is 2. The minimum absolute atomic E-state index is 0.0510. The van der Waals surface area contributed by atoms with E-state index in [2.05, 4.69) is 24.8 Å². The van der Waals surface area contributed by atoms with E-state index in [0.29, 0.717) is 43.1 Å². The van der Waals surface area contributed by atoms with Crippen LogP contribution in [0.4, 0.5) is 5.69 Å². The van der Waals surface area contributed by atoms with Crippen molar-refractivity contribution < 1.29 is 34.2 Å². The molecule has 3 aromatic carbocycles. The molecule has 3 aliphatic rings. The molecule has 2 aliphatic carbocycles. The second-order valence-corrected chi connectivity index (χ2v) is 14.7. The van der Waals surface area contributed by atoms with Gasteiger partial charge >= 0.3 is 0 Å². The summed E-state index contributed by atoms with van der Waals surface area (Å²) in [4.78, 5) is 18.0. The predicted octanol–water partition coefficient (Wildman–Crippen LogP) is 8.83. The van der Waals surface area contributed by atoms with Crippen LogP contribution in [-0.4, -0.2) is 58.3 Å². The van der Waals surface area contributed by atoms with Crippen molar-refractivity contribution >= 4 is 23.2 Å². The lowest BCUT2D eigenvalue weighted by Crippen LogP contribution is -2.64.